The SMILES string of the molecule is CCCn1c(SCC(=O)Nc2ccc(C(F)(F)F)cc2)nc2ccccc2c1=O. The van der Waals surface area contributed by atoms with Crippen LogP contribution in [0.25, 0.3) is 10.9 Å². The third-order valence-electron chi connectivity index (χ3n) is 4.10. The van der Waals surface area contributed by atoms with Crippen LogP contribution in [0.2, 0.25) is 0 Å². The first-order valence-corrected chi connectivity index (χ1v) is 9.87. The number of rotatable bonds is 6. The zero-order valence-electron chi connectivity index (χ0n) is 15.5. The molecule has 0 aliphatic rings. The van der Waals surface area contributed by atoms with Gasteiger partial charge in [0.05, 0.1) is 22.2 Å². The molecule has 5 nitrogen and oxygen atoms in total. The Balaban J connectivity index is 1.73. The first kappa shape index (κ1) is 20.9. The number of thioether (sulfide) groups is 1. The molecule has 0 aliphatic heterocycles. The summed E-state index contributed by atoms with van der Waals surface area (Å²) in [5.74, 6) is -0.435. The van der Waals surface area contributed by atoms with Crippen molar-refractivity contribution in [3.8, 4) is 0 Å². The van der Waals surface area contributed by atoms with Gasteiger partial charge in [-0.25, -0.2) is 4.98 Å². The Morgan fingerprint density at radius 1 is 1.14 bits per heavy atom. The molecular weight excluding hydrogens is 403 g/mol. The lowest BCUT2D eigenvalue weighted by Gasteiger charge is -2.12. The van der Waals surface area contributed by atoms with Crippen molar-refractivity contribution in [3.05, 3.63) is 64.4 Å². The number of alkyl halides is 3. The summed E-state index contributed by atoms with van der Waals surface area (Å²) in [4.78, 5) is 29.4. The number of amides is 1. The molecule has 0 saturated heterocycles. The average Bonchev–Trinajstić information content (AvgIpc) is 2.68. The Hall–Kier alpha value is -2.81. The number of hydrogen-bond acceptors (Lipinski definition) is 4. The Labute approximate surface area is 169 Å². The first-order chi connectivity index (χ1) is 13.8. The topological polar surface area (TPSA) is 64.0 Å². The fraction of sp³-hybridized carbons (Fsp3) is 0.250. The maximum absolute atomic E-state index is 12.7. The second-order valence-corrected chi connectivity index (χ2v) is 7.22. The number of carbonyl (C=O) groups is 1. The van der Waals surface area contributed by atoms with Gasteiger partial charge < -0.3 is 5.32 Å². The number of nitrogens with one attached hydrogen (secondary N) is 1. The molecule has 0 fully saturated rings. The van der Waals surface area contributed by atoms with E-state index in [0.29, 0.717) is 22.6 Å². The van der Waals surface area contributed by atoms with Crippen molar-refractivity contribution in [1.82, 2.24) is 9.55 Å². The van der Waals surface area contributed by atoms with Gasteiger partial charge in [0.25, 0.3) is 5.56 Å². The third kappa shape index (κ3) is 4.97. The van der Waals surface area contributed by atoms with Crippen LogP contribution in [-0.4, -0.2) is 21.2 Å². The summed E-state index contributed by atoms with van der Waals surface area (Å²) >= 11 is 1.11. The Morgan fingerprint density at radius 2 is 1.83 bits per heavy atom. The first-order valence-electron chi connectivity index (χ1n) is 8.89. The van der Waals surface area contributed by atoms with Gasteiger partial charge >= 0.3 is 6.18 Å². The van der Waals surface area contributed by atoms with Crippen LogP contribution in [0.3, 0.4) is 0 Å². The number of aromatic nitrogens is 2. The number of halogens is 3. The fourth-order valence-corrected chi connectivity index (χ4v) is 3.57. The summed E-state index contributed by atoms with van der Waals surface area (Å²) in [7, 11) is 0. The highest BCUT2D eigenvalue weighted by molar-refractivity contribution is 7.99. The molecule has 1 amide bonds. The van der Waals surface area contributed by atoms with Crippen LogP contribution in [0, 0.1) is 0 Å². The van der Waals surface area contributed by atoms with E-state index in [-0.39, 0.29) is 17.0 Å². The molecule has 29 heavy (non-hydrogen) atoms. The summed E-state index contributed by atoms with van der Waals surface area (Å²) in [5.41, 5.74) is -0.131. The summed E-state index contributed by atoms with van der Waals surface area (Å²) in [6, 6.07) is 11.2. The molecule has 152 valence electrons. The Kier molecular flexibility index (Phi) is 6.26. The number of anilines is 1. The summed E-state index contributed by atoms with van der Waals surface area (Å²) < 4.78 is 39.4. The smallest absolute Gasteiger partial charge is 0.325 e. The van der Waals surface area contributed by atoms with E-state index >= 15 is 0 Å². The molecule has 0 unspecified atom stereocenters. The van der Waals surface area contributed by atoms with Gasteiger partial charge in [-0.3, -0.25) is 14.2 Å². The van der Waals surface area contributed by atoms with Crippen molar-refractivity contribution >= 4 is 34.3 Å². The Morgan fingerprint density at radius 3 is 2.48 bits per heavy atom. The van der Waals surface area contributed by atoms with E-state index in [1.165, 1.54) is 12.1 Å². The highest BCUT2D eigenvalue weighted by atomic mass is 32.2. The quantitative estimate of drug-likeness (QED) is 0.468. The van der Waals surface area contributed by atoms with Crippen molar-refractivity contribution in [3.63, 3.8) is 0 Å². The fourth-order valence-electron chi connectivity index (χ4n) is 2.75. The summed E-state index contributed by atoms with van der Waals surface area (Å²) in [6.07, 6.45) is -3.70. The Bertz CT molecular complexity index is 1080. The van der Waals surface area contributed by atoms with Crippen molar-refractivity contribution in [2.75, 3.05) is 11.1 Å². The van der Waals surface area contributed by atoms with Crippen LogP contribution in [0.5, 0.6) is 0 Å². The summed E-state index contributed by atoms with van der Waals surface area (Å²) in [5, 5.41) is 3.49. The molecule has 0 atom stereocenters. The second kappa shape index (κ2) is 8.69. The molecule has 0 spiro atoms. The minimum Gasteiger partial charge on any atom is -0.325 e. The number of para-hydroxylation sites is 1. The molecule has 0 aliphatic carbocycles. The maximum atomic E-state index is 12.7. The minimum atomic E-state index is -4.43. The van der Waals surface area contributed by atoms with E-state index in [1.807, 2.05) is 6.92 Å². The lowest BCUT2D eigenvalue weighted by molar-refractivity contribution is -0.137. The predicted molar refractivity (Wildman–Crippen MR) is 107 cm³/mol. The lowest BCUT2D eigenvalue weighted by atomic mass is 10.2. The van der Waals surface area contributed by atoms with E-state index in [4.69, 9.17) is 0 Å². The van der Waals surface area contributed by atoms with Gasteiger partial charge in [0.1, 0.15) is 0 Å². The van der Waals surface area contributed by atoms with Crippen molar-refractivity contribution in [2.24, 2.45) is 0 Å². The van der Waals surface area contributed by atoms with Gasteiger partial charge in [0.2, 0.25) is 5.91 Å². The van der Waals surface area contributed by atoms with Crippen LogP contribution < -0.4 is 10.9 Å². The lowest BCUT2D eigenvalue weighted by Crippen LogP contribution is -2.24. The van der Waals surface area contributed by atoms with Gasteiger partial charge in [-0.2, -0.15) is 13.2 Å². The molecule has 3 aromatic rings. The molecule has 9 heteroatoms. The standard InChI is InChI=1S/C20H18F3N3O2S/c1-2-11-26-18(28)15-5-3-4-6-16(15)25-19(26)29-12-17(27)24-14-9-7-13(8-10-14)20(21,22)23/h3-10H,2,11-12H2,1H3,(H,24,27). The molecule has 0 radical (unpaired) electrons. The van der Waals surface area contributed by atoms with Crippen LogP contribution in [0.4, 0.5) is 18.9 Å². The number of carbonyl (C=O) groups excluding carboxylic acids is 1. The third-order valence-corrected chi connectivity index (χ3v) is 5.08. The molecule has 2 aromatic carbocycles. The number of hydrogen-bond donors (Lipinski definition) is 1. The van der Waals surface area contributed by atoms with Crippen LogP contribution in [-0.2, 0) is 17.5 Å². The van der Waals surface area contributed by atoms with Crippen LogP contribution in [0.1, 0.15) is 18.9 Å². The molecular formula is C20H18F3N3O2S. The van der Waals surface area contributed by atoms with Crippen molar-refractivity contribution in [1.29, 1.82) is 0 Å². The minimum absolute atomic E-state index is 0.0322. The zero-order chi connectivity index (χ0) is 21.0. The van der Waals surface area contributed by atoms with E-state index < -0.39 is 17.6 Å². The monoisotopic (exact) mass is 421 g/mol. The van der Waals surface area contributed by atoms with Gasteiger partial charge in [0, 0.05) is 12.2 Å². The molecule has 1 N–H and O–H groups in total. The number of fused-ring (bicyclic) bond motifs is 1. The van der Waals surface area contributed by atoms with E-state index in [9.17, 15) is 22.8 Å². The van der Waals surface area contributed by atoms with Crippen molar-refractivity contribution < 1.29 is 18.0 Å². The second-order valence-electron chi connectivity index (χ2n) is 6.28. The van der Waals surface area contributed by atoms with Crippen LogP contribution in [0.15, 0.2) is 58.5 Å². The molecule has 3 rings (SSSR count). The van der Waals surface area contributed by atoms with E-state index in [0.717, 1.165) is 30.3 Å². The van der Waals surface area contributed by atoms with Crippen LogP contribution >= 0.6 is 11.8 Å². The average molecular weight is 421 g/mol. The molecule has 0 bridgehead atoms. The highest BCUT2D eigenvalue weighted by Gasteiger charge is 2.30. The highest BCUT2D eigenvalue weighted by Crippen LogP contribution is 2.29. The van der Waals surface area contributed by atoms with Gasteiger partial charge in [-0.05, 0) is 42.8 Å². The van der Waals surface area contributed by atoms with Gasteiger partial charge in [-0.1, -0.05) is 30.8 Å². The van der Waals surface area contributed by atoms with Crippen molar-refractivity contribution in [2.45, 2.75) is 31.2 Å². The number of nitrogens with zero attached hydrogens (tertiary/aromatic N) is 2. The van der Waals surface area contributed by atoms with Gasteiger partial charge in [-0.15, -0.1) is 0 Å². The molecule has 1 aromatic heterocycles. The van der Waals surface area contributed by atoms with Gasteiger partial charge in [0.15, 0.2) is 5.16 Å². The molecule has 0 saturated carbocycles. The largest absolute Gasteiger partial charge is 0.416 e. The normalized spacial score (nSPS) is 11.6. The zero-order valence-corrected chi connectivity index (χ0v) is 16.3. The maximum Gasteiger partial charge on any atom is 0.416 e. The summed E-state index contributed by atoms with van der Waals surface area (Å²) in [6.45, 7) is 2.41. The van der Waals surface area contributed by atoms with E-state index in [1.54, 1.807) is 28.8 Å². The number of benzene rings is 2. The predicted octanol–water partition coefficient (Wildman–Crippen LogP) is 4.56. The molecule has 1 heterocycles. The van der Waals surface area contributed by atoms with E-state index in [2.05, 4.69) is 10.3 Å².